The highest BCUT2D eigenvalue weighted by Crippen LogP contribution is 2.28. The molecule has 8 heteroatoms. The van der Waals surface area contributed by atoms with Crippen LogP contribution in [0.25, 0.3) is 33.5 Å². The molecule has 6 aromatic rings. The SMILES string of the molecule is O=c1c2ccccc2nc(-c2cc3ccccc3o2)n1N=Cc1ccccc1OCc1ccc(Cl)cc1Cl. The number of hydrogen-bond donors (Lipinski definition) is 0. The van der Waals surface area contributed by atoms with Crippen molar-refractivity contribution in [2.75, 3.05) is 0 Å². The van der Waals surface area contributed by atoms with Crippen molar-refractivity contribution < 1.29 is 9.15 Å². The molecule has 0 aliphatic carbocycles. The average Bonchev–Trinajstić information content (AvgIpc) is 3.37. The van der Waals surface area contributed by atoms with Crippen molar-refractivity contribution in [2.24, 2.45) is 5.10 Å². The van der Waals surface area contributed by atoms with E-state index in [1.165, 1.54) is 4.68 Å². The maximum Gasteiger partial charge on any atom is 0.282 e. The smallest absolute Gasteiger partial charge is 0.282 e. The predicted octanol–water partition coefficient (Wildman–Crippen LogP) is 7.58. The monoisotopic (exact) mass is 539 g/mol. The van der Waals surface area contributed by atoms with E-state index in [-0.39, 0.29) is 12.2 Å². The third-order valence-electron chi connectivity index (χ3n) is 6.03. The normalized spacial score (nSPS) is 11.5. The average molecular weight is 540 g/mol. The van der Waals surface area contributed by atoms with E-state index in [2.05, 4.69) is 5.10 Å². The summed E-state index contributed by atoms with van der Waals surface area (Å²) in [6.45, 7) is 0.239. The molecule has 0 unspecified atom stereocenters. The van der Waals surface area contributed by atoms with Crippen LogP contribution in [0.1, 0.15) is 11.1 Å². The van der Waals surface area contributed by atoms with Gasteiger partial charge in [-0.25, -0.2) is 4.98 Å². The summed E-state index contributed by atoms with van der Waals surface area (Å²) in [5.41, 5.74) is 2.41. The van der Waals surface area contributed by atoms with Crippen molar-refractivity contribution >= 4 is 51.3 Å². The second kappa shape index (κ2) is 10.2. The van der Waals surface area contributed by atoms with E-state index in [9.17, 15) is 4.79 Å². The molecule has 0 aliphatic heterocycles. The molecule has 0 bridgehead atoms. The Bertz CT molecular complexity index is 1860. The molecular formula is C30H19Cl2N3O3. The van der Waals surface area contributed by atoms with Crippen LogP contribution in [0.15, 0.2) is 111 Å². The fourth-order valence-electron chi connectivity index (χ4n) is 4.12. The van der Waals surface area contributed by atoms with Crippen molar-refractivity contribution in [3.8, 4) is 17.3 Å². The summed E-state index contributed by atoms with van der Waals surface area (Å²) in [6.07, 6.45) is 1.57. The van der Waals surface area contributed by atoms with Crippen molar-refractivity contribution in [2.45, 2.75) is 6.61 Å². The number of fused-ring (bicyclic) bond motifs is 2. The maximum absolute atomic E-state index is 13.5. The van der Waals surface area contributed by atoms with Gasteiger partial charge in [0.15, 0.2) is 5.76 Å². The highest BCUT2D eigenvalue weighted by atomic mass is 35.5. The zero-order valence-electron chi connectivity index (χ0n) is 19.8. The lowest BCUT2D eigenvalue weighted by Crippen LogP contribution is -2.20. The van der Waals surface area contributed by atoms with Crippen LogP contribution in [0, 0.1) is 0 Å². The molecule has 0 radical (unpaired) electrons. The first-order chi connectivity index (χ1) is 18.6. The molecule has 2 heterocycles. The molecule has 186 valence electrons. The number of para-hydroxylation sites is 3. The van der Waals surface area contributed by atoms with Gasteiger partial charge in [-0.1, -0.05) is 71.7 Å². The Kier molecular flexibility index (Phi) is 6.42. The fraction of sp³-hybridized carbons (Fsp3) is 0.0333. The minimum Gasteiger partial charge on any atom is -0.488 e. The van der Waals surface area contributed by atoms with E-state index in [4.69, 9.17) is 37.3 Å². The number of benzene rings is 4. The number of furan rings is 1. The number of rotatable bonds is 6. The molecule has 0 spiro atoms. The number of halogens is 2. The molecule has 2 aromatic heterocycles. The van der Waals surface area contributed by atoms with E-state index in [0.717, 1.165) is 10.9 Å². The predicted molar refractivity (Wildman–Crippen MR) is 151 cm³/mol. The Balaban J connectivity index is 1.41. The van der Waals surface area contributed by atoms with E-state index >= 15 is 0 Å². The van der Waals surface area contributed by atoms with Crippen LogP contribution >= 0.6 is 23.2 Å². The Labute approximate surface area is 227 Å². The fourth-order valence-corrected chi connectivity index (χ4v) is 4.58. The van der Waals surface area contributed by atoms with Crippen LogP contribution in [0.2, 0.25) is 10.0 Å². The van der Waals surface area contributed by atoms with Crippen LogP contribution in [0.4, 0.5) is 0 Å². The van der Waals surface area contributed by atoms with Crippen molar-refractivity contribution in [3.05, 3.63) is 129 Å². The molecule has 0 amide bonds. The van der Waals surface area contributed by atoms with Crippen molar-refractivity contribution in [1.82, 2.24) is 9.66 Å². The summed E-state index contributed by atoms with van der Waals surface area (Å²) in [7, 11) is 0. The van der Waals surface area contributed by atoms with Gasteiger partial charge in [-0.05, 0) is 48.5 Å². The Morgan fingerprint density at radius 3 is 2.58 bits per heavy atom. The lowest BCUT2D eigenvalue weighted by molar-refractivity contribution is 0.306. The Morgan fingerprint density at radius 2 is 1.71 bits per heavy atom. The van der Waals surface area contributed by atoms with Crippen LogP contribution in [-0.4, -0.2) is 15.9 Å². The molecule has 0 atom stereocenters. The second-order valence-electron chi connectivity index (χ2n) is 8.52. The summed E-state index contributed by atoms with van der Waals surface area (Å²) in [4.78, 5) is 18.3. The van der Waals surface area contributed by atoms with Crippen LogP contribution in [-0.2, 0) is 6.61 Å². The largest absolute Gasteiger partial charge is 0.488 e. The molecule has 4 aromatic carbocycles. The molecular weight excluding hydrogens is 521 g/mol. The van der Waals surface area contributed by atoms with Gasteiger partial charge >= 0.3 is 0 Å². The van der Waals surface area contributed by atoms with E-state index < -0.39 is 0 Å². The topological polar surface area (TPSA) is 69.6 Å². The van der Waals surface area contributed by atoms with Gasteiger partial charge < -0.3 is 9.15 Å². The van der Waals surface area contributed by atoms with Gasteiger partial charge in [-0.3, -0.25) is 4.79 Å². The summed E-state index contributed by atoms with van der Waals surface area (Å²) in [6, 6.07) is 29.3. The second-order valence-corrected chi connectivity index (χ2v) is 9.37. The van der Waals surface area contributed by atoms with Gasteiger partial charge in [-0.15, -0.1) is 0 Å². The highest BCUT2D eigenvalue weighted by molar-refractivity contribution is 6.35. The van der Waals surface area contributed by atoms with Crippen LogP contribution in [0.5, 0.6) is 5.75 Å². The van der Waals surface area contributed by atoms with E-state index in [0.29, 0.717) is 49.4 Å². The van der Waals surface area contributed by atoms with Gasteiger partial charge in [0.2, 0.25) is 5.82 Å². The van der Waals surface area contributed by atoms with E-state index in [1.807, 2.05) is 66.7 Å². The molecule has 0 aliphatic rings. The molecule has 0 saturated heterocycles. The first kappa shape index (κ1) is 24.0. The number of hydrogen-bond acceptors (Lipinski definition) is 5. The molecule has 0 saturated carbocycles. The molecule has 6 nitrogen and oxygen atoms in total. The first-order valence-electron chi connectivity index (χ1n) is 11.8. The first-order valence-corrected chi connectivity index (χ1v) is 12.5. The van der Waals surface area contributed by atoms with Crippen LogP contribution in [0.3, 0.4) is 0 Å². The molecule has 6 rings (SSSR count). The zero-order chi connectivity index (χ0) is 26.1. The minimum atomic E-state index is -0.311. The summed E-state index contributed by atoms with van der Waals surface area (Å²) in [5, 5.41) is 6.98. The summed E-state index contributed by atoms with van der Waals surface area (Å²) in [5.74, 6) is 1.31. The lowest BCUT2D eigenvalue weighted by atomic mass is 10.2. The molecule has 0 fully saturated rings. The lowest BCUT2D eigenvalue weighted by Gasteiger charge is -2.11. The zero-order valence-corrected chi connectivity index (χ0v) is 21.4. The number of ether oxygens (including phenoxy) is 1. The van der Waals surface area contributed by atoms with Gasteiger partial charge in [-0.2, -0.15) is 9.78 Å². The highest BCUT2D eigenvalue weighted by Gasteiger charge is 2.16. The maximum atomic E-state index is 13.5. The Hall–Kier alpha value is -4.39. The van der Waals surface area contributed by atoms with E-state index in [1.54, 1.807) is 36.5 Å². The van der Waals surface area contributed by atoms with Gasteiger partial charge in [0.05, 0.1) is 17.1 Å². The molecule has 38 heavy (non-hydrogen) atoms. The summed E-state index contributed by atoms with van der Waals surface area (Å²) >= 11 is 12.3. The van der Waals surface area contributed by atoms with Crippen LogP contribution < -0.4 is 10.3 Å². The quantitative estimate of drug-likeness (QED) is 0.204. The number of aromatic nitrogens is 2. The van der Waals surface area contributed by atoms with Gasteiger partial charge in [0, 0.05) is 26.6 Å². The van der Waals surface area contributed by atoms with Crippen molar-refractivity contribution in [3.63, 3.8) is 0 Å². The number of nitrogens with zero attached hydrogens (tertiary/aromatic N) is 3. The minimum absolute atomic E-state index is 0.239. The standard InChI is InChI=1S/C30H19Cl2N3O3/c31-22-14-13-21(24(32)16-22)18-37-26-11-5-2-8-20(26)17-33-35-29(28-15-19-7-1-6-12-27(19)38-28)34-25-10-4-3-9-23(25)30(35)36/h1-17H,18H2. The third kappa shape index (κ3) is 4.67. The Morgan fingerprint density at radius 1 is 0.921 bits per heavy atom. The van der Waals surface area contributed by atoms with Crippen molar-refractivity contribution in [1.29, 1.82) is 0 Å². The molecule has 0 N–H and O–H groups in total. The third-order valence-corrected chi connectivity index (χ3v) is 6.62. The van der Waals surface area contributed by atoms with Gasteiger partial charge in [0.25, 0.3) is 5.56 Å². The van der Waals surface area contributed by atoms with Gasteiger partial charge in [0.1, 0.15) is 17.9 Å². The summed E-state index contributed by atoms with van der Waals surface area (Å²) < 4.78 is 13.3.